The summed E-state index contributed by atoms with van der Waals surface area (Å²) < 4.78 is 2.04. The predicted molar refractivity (Wildman–Crippen MR) is 109 cm³/mol. The Balaban J connectivity index is 1.66. The van der Waals surface area contributed by atoms with Gasteiger partial charge in [0.15, 0.2) is 5.82 Å². The minimum atomic E-state index is 0.535. The molecule has 1 aromatic carbocycles. The topological polar surface area (TPSA) is 72.0 Å². The van der Waals surface area contributed by atoms with Crippen LogP contribution in [0.5, 0.6) is 0 Å². The molecule has 1 fully saturated rings. The average molecular weight is 362 g/mol. The van der Waals surface area contributed by atoms with Crippen molar-refractivity contribution in [3.05, 3.63) is 47.0 Å². The van der Waals surface area contributed by atoms with Crippen LogP contribution in [-0.2, 0) is 19.5 Å². The largest absolute Gasteiger partial charge is 0.380 e. The molecule has 4 heterocycles. The first-order valence-corrected chi connectivity index (χ1v) is 9.98. The van der Waals surface area contributed by atoms with E-state index < -0.39 is 0 Å². The van der Waals surface area contributed by atoms with Crippen molar-refractivity contribution in [2.24, 2.45) is 0 Å². The van der Waals surface area contributed by atoms with Crippen molar-refractivity contribution >= 4 is 22.7 Å². The van der Waals surface area contributed by atoms with Gasteiger partial charge in [0.25, 0.3) is 0 Å². The number of piperidine rings is 1. The SMILES string of the molecule is Nc1nn(Cc2ccccc2)c2c3c(c(N4CCCCC4)nc12)CCNC3. The van der Waals surface area contributed by atoms with Crippen molar-refractivity contribution in [2.75, 3.05) is 30.3 Å². The Morgan fingerprint density at radius 2 is 1.85 bits per heavy atom. The summed E-state index contributed by atoms with van der Waals surface area (Å²) in [5.41, 5.74) is 12.2. The van der Waals surface area contributed by atoms with E-state index in [0.717, 1.165) is 49.5 Å². The van der Waals surface area contributed by atoms with Gasteiger partial charge in [0, 0.05) is 30.8 Å². The zero-order chi connectivity index (χ0) is 18.2. The van der Waals surface area contributed by atoms with Crippen molar-refractivity contribution in [2.45, 2.75) is 38.8 Å². The van der Waals surface area contributed by atoms with E-state index in [2.05, 4.69) is 39.6 Å². The first kappa shape index (κ1) is 16.6. The summed E-state index contributed by atoms with van der Waals surface area (Å²) in [5.74, 6) is 1.68. The highest BCUT2D eigenvalue weighted by Crippen LogP contribution is 2.34. The molecule has 0 unspecified atom stereocenters. The lowest BCUT2D eigenvalue weighted by atomic mass is 9.99. The van der Waals surface area contributed by atoms with Crippen LogP contribution in [0.4, 0.5) is 11.6 Å². The first-order valence-electron chi connectivity index (χ1n) is 9.98. The molecule has 0 spiro atoms. The second-order valence-electron chi connectivity index (χ2n) is 7.59. The molecule has 2 aromatic heterocycles. The number of benzene rings is 1. The number of fused-ring (bicyclic) bond motifs is 3. The quantitative estimate of drug-likeness (QED) is 0.749. The monoisotopic (exact) mass is 362 g/mol. The van der Waals surface area contributed by atoms with Gasteiger partial charge in [-0.3, -0.25) is 4.68 Å². The molecule has 1 saturated heterocycles. The molecule has 3 aromatic rings. The van der Waals surface area contributed by atoms with Crippen molar-refractivity contribution in [1.82, 2.24) is 20.1 Å². The Labute approximate surface area is 159 Å². The number of nitrogen functional groups attached to an aromatic ring is 1. The van der Waals surface area contributed by atoms with Crippen LogP contribution in [0.2, 0.25) is 0 Å². The van der Waals surface area contributed by atoms with Crippen LogP contribution in [-0.4, -0.2) is 34.4 Å². The molecule has 0 bridgehead atoms. The van der Waals surface area contributed by atoms with E-state index >= 15 is 0 Å². The summed E-state index contributed by atoms with van der Waals surface area (Å²) >= 11 is 0. The fraction of sp³-hybridized carbons (Fsp3) is 0.429. The molecule has 5 rings (SSSR count). The normalized spacial score (nSPS) is 17.3. The Morgan fingerprint density at radius 3 is 2.67 bits per heavy atom. The van der Waals surface area contributed by atoms with Crippen LogP contribution in [0.15, 0.2) is 30.3 Å². The van der Waals surface area contributed by atoms with Crippen LogP contribution in [0.3, 0.4) is 0 Å². The van der Waals surface area contributed by atoms with Gasteiger partial charge in [-0.05, 0) is 37.8 Å². The maximum atomic E-state index is 6.33. The average Bonchev–Trinajstić information content (AvgIpc) is 3.04. The number of nitrogens with two attached hydrogens (primary N) is 1. The molecule has 27 heavy (non-hydrogen) atoms. The highest BCUT2D eigenvalue weighted by atomic mass is 15.3. The van der Waals surface area contributed by atoms with Crippen LogP contribution >= 0.6 is 0 Å². The fourth-order valence-electron chi connectivity index (χ4n) is 4.45. The number of hydrogen-bond acceptors (Lipinski definition) is 5. The standard InChI is InChI=1S/C21H26N6/c22-20-18-19(27(25-20)14-15-7-3-1-4-8-15)17-13-23-10-9-16(17)21(24-18)26-11-5-2-6-12-26/h1,3-4,7-8,23H,2,5-6,9-14H2,(H2,22,25). The molecule has 2 aliphatic heterocycles. The molecule has 140 valence electrons. The summed E-state index contributed by atoms with van der Waals surface area (Å²) in [6.07, 6.45) is 4.82. The molecule has 0 atom stereocenters. The van der Waals surface area contributed by atoms with Gasteiger partial charge in [-0.25, -0.2) is 4.98 Å². The van der Waals surface area contributed by atoms with Crippen molar-refractivity contribution in [3.63, 3.8) is 0 Å². The molecule has 0 saturated carbocycles. The van der Waals surface area contributed by atoms with Crippen molar-refractivity contribution < 1.29 is 0 Å². The van der Waals surface area contributed by atoms with Gasteiger partial charge < -0.3 is 16.0 Å². The molecule has 0 amide bonds. The smallest absolute Gasteiger partial charge is 0.172 e. The Hall–Kier alpha value is -2.60. The zero-order valence-corrected chi connectivity index (χ0v) is 15.6. The second-order valence-corrected chi connectivity index (χ2v) is 7.59. The molecule has 6 nitrogen and oxygen atoms in total. The maximum absolute atomic E-state index is 6.33. The van der Waals surface area contributed by atoms with Crippen molar-refractivity contribution in [1.29, 1.82) is 0 Å². The summed E-state index contributed by atoms with van der Waals surface area (Å²) in [4.78, 5) is 7.52. The molecular weight excluding hydrogens is 336 g/mol. The van der Waals surface area contributed by atoms with E-state index in [-0.39, 0.29) is 0 Å². The summed E-state index contributed by atoms with van der Waals surface area (Å²) in [5, 5.41) is 8.20. The first-order chi connectivity index (χ1) is 13.3. The third kappa shape index (κ3) is 2.94. The summed E-state index contributed by atoms with van der Waals surface area (Å²) in [6, 6.07) is 10.4. The lowest BCUT2D eigenvalue weighted by molar-refractivity contribution is 0.567. The van der Waals surface area contributed by atoms with E-state index in [1.54, 1.807) is 0 Å². The predicted octanol–water partition coefficient (Wildman–Crippen LogP) is 2.70. The Bertz CT molecular complexity index is 956. The van der Waals surface area contributed by atoms with Gasteiger partial charge in [0.2, 0.25) is 0 Å². The van der Waals surface area contributed by atoms with E-state index in [0.29, 0.717) is 12.4 Å². The summed E-state index contributed by atoms with van der Waals surface area (Å²) in [7, 11) is 0. The second kappa shape index (κ2) is 6.85. The lowest BCUT2D eigenvalue weighted by Crippen LogP contribution is -2.34. The van der Waals surface area contributed by atoms with Gasteiger partial charge in [-0.2, -0.15) is 5.10 Å². The molecule has 0 radical (unpaired) electrons. The lowest BCUT2D eigenvalue weighted by Gasteiger charge is -2.32. The van der Waals surface area contributed by atoms with Gasteiger partial charge in [-0.15, -0.1) is 0 Å². The van der Waals surface area contributed by atoms with Gasteiger partial charge in [0.1, 0.15) is 11.3 Å². The van der Waals surface area contributed by atoms with E-state index in [9.17, 15) is 0 Å². The fourth-order valence-corrected chi connectivity index (χ4v) is 4.45. The highest BCUT2D eigenvalue weighted by molar-refractivity contribution is 5.91. The number of anilines is 2. The van der Waals surface area contributed by atoms with E-state index in [1.807, 2.05) is 10.7 Å². The number of pyridine rings is 1. The van der Waals surface area contributed by atoms with Gasteiger partial charge in [-0.1, -0.05) is 30.3 Å². The molecule has 0 aliphatic carbocycles. The maximum Gasteiger partial charge on any atom is 0.172 e. The van der Waals surface area contributed by atoms with E-state index in [4.69, 9.17) is 10.7 Å². The van der Waals surface area contributed by atoms with Crippen LogP contribution < -0.4 is 16.0 Å². The molecular formula is C21H26N6. The van der Waals surface area contributed by atoms with Crippen LogP contribution in [0, 0.1) is 0 Å². The van der Waals surface area contributed by atoms with Crippen LogP contribution in [0.25, 0.3) is 11.0 Å². The van der Waals surface area contributed by atoms with Crippen LogP contribution in [0.1, 0.15) is 36.0 Å². The zero-order valence-electron chi connectivity index (χ0n) is 15.6. The highest BCUT2D eigenvalue weighted by Gasteiger charge is 2.26. The number of rotatable bonds is 3. The van der Waals surface area contributed by atoms with Gasteiger partial charge in [0.05, 0.1) is 12.1 Å². The van der Waals surface area contributed by atoms with E-state index in [1.165, 1.54) is 36.0 Å². The number of aromatic nitrogens is 3. The molecule has 6 heteroatoms. The third-order valence-electron chi connectivity index (χ3n) is 5.78. The molecule has 3 N–H and O–H groups in total. The minimum absolute atomic E-state index is 0.535. The van der Waals surface area contributed by atoms with Gasteiger partial charge >= 0.3 is 0 Å². The number of hydrogen-bond donors (Lipinski definition) is 2. The Kier molecular flexibility index (Phi) is 4.20. The minimum Gasteiger partial charge on any atom is -0.380 e. The number of nitrogens with one attached hydrogen (secondary N) is 1. The Morgan fingerprint density at radius 1 is 1.04 bits per heavy atom. The third-order valence-corrected chi connectivity index (χ3v) is 5.78. The molecule has 2 aliphatic rings. The number of nitrogens with zero attached hydrogens (tertiary/aromatic N) is 4. The van der Waals surface area contributed by atoms with Crippen molar-refractivity contribution in [3.8, 4) is 0 Å². The summed E-state index contributed by atoms with van der Waals surface area (Å²) in [6.45, 7) is 4.76.